The Morgan fingerprint density at radius 1 is 1.12 bits per heavy atom. The van der Waals surface area contributed by atoms with Crippen molar-refractivity contribution in [1.82, 2.24) is 15.5 Å². The molecule has 0 aliphatic carbocycles. The second-order valence-corrected chi connectivity index (χ2v) is 12.1. The number of nitrogens with zero attached hydrogens (tertiary/aromatic N) is 2. The summed E-state index contributed by atoms with van der Waals surface area (Å²) < 4.78 is 5.96. The van der Waals surface area contributed by atoms with Gasteiger partial charge in [-0.3, -0.25) is 14.4 Å². The third kappa shape index (κ3) is 7.04. The van der Waals surface area contributed by atoms with Gasteiger partial charge in [0, 0.05) is 36.8 Å². The van der Waals surface area contributed by atoms with Crippen LogP contribution < -0.4 is 20.3 Å². The third-order valence-electron chi connectivity index (χ3n) is 8.95. The van der Waals surface area contributed by atoms with Crippen molar-refractivity contribution < 1.29 is 19.1 Å². The van der Waals surface area contributed by atoms with Crippen LogP contribution >= 0.6 is 11.6 Å². The minimum atomic E-state index is -0.372. The van der Waals surface area contributed by atoms with E-state index in [-0.39, 0.29) is 35.5 Å². The van der Waals surface area contributed by atoms with Crippen LogP contribution in [0, 0.1) is 18.3 Å². The van der Waals surface area contributed by atoms with Gasteiger partial charge < -0.3 is 25.2 Å². The molecule has 1 atom stereocenters. The molecule has 8 nitrogen and oxygen atoms in total. The first-order valence-electron chi connectivity index (χ1n) is 14.9. The number of hydrogen-bond donors (Lipinski definition) is 2. The predicted octanol–water partition coefficient (Wildman–Crippen LogP) is 4.12. The zero-order valence-electron chi connectivity index (χ0n) is 23.9. The van der Waals surface area contributed by atoms with Crippen molar-refractivity contribution in [2.75, 3.05) is 50.8 Å². The summed E-state index contributed by atoms with van der Waals surface area (Å²) in [5.41, 5.74) is 2.58. The number of piperidine rings is 1. The molecule has 2 saturated heterocycles. The van der Waals surface area contributed by atoms with E-state index in [4.69, 9.17) is 16.3 Å². The van der Waals surface area contributed by atoms with E-state index in [0.29, 0.717) is 31.3 Å². The molecule has 0 radical (unpaired) electrons. The molecule has 220 valence electrons. The molecular formula is C32H41ClN4O4. The van der Waals surface area contributed by atoms with Gasteiger partial charge >= 0.3 is 0 Å². The van der Waals surface area contributed by atoms with E-state index in [0.717, 1.165) is 75.2 Å². The summed E-state index contributed by atoms with van der Waals surface area (Å²) in [6.45, 7) is 6.15. The Labute approximate surface area is 247 Å². The van der Waals surface area contributed by atoms with Crippen LogP contribution in [0.1, 0.15) is 49.7 Å². The van der Waals surface area contributed by atoms with Crippen molar-refractivity contribution in [2.45, 2.75) is 51.9 Å². The van der Waals surface area contributed by atoms with Crippen molar-refractivity contribution >= 4 is 35.0 Å². The molecule has 2 aromatic carbocycles. The highest BCUT2D eigenvalue weighted by molar-refractivity contribution is 6.31. The quantitative estimate of drug-likeness (QED) is 0.555. The predicted molar refractivity (Wildman–Crippen MR) is 160 cm³/mol. The number of nitrogens with one attached hydrogen (secondary N) is 2. The van der Waals surface area contributed by atoms with Crippen LogP contribution in [-0.4, -0.2) is 68.5 Å². The molecule has 0 aromatic heterocycles. The molecule has 3 amide bonds. The number of para-hydroxylation sites is 1. The Morgan fingerprint density at radius 2 is 1.93 bits per heavy atom. The van der Waals surface area contributed by atoms with Crippen molar-refractivity contribution in [1.29, 1.82) is 0 Å². The molecule has 0 saturated carbocycles. The second-order valence-electron chi connectivity index (χ2n) is 11.7. The number of benzene rings is 2. The van der Waals surface area contributed by atoms with Crippen LogP contribution in [0.2, 0.25) is 5.02 Å². The Morgan fingerprint density at radius 3 is 2.73 bits per heavy atom. The van der Waals surface area contributed by atoms with E-state index in [1.807, 2.05) is 31.2 Å². The van der Waals surface area contributed by atoms with Gasteiger partial charge in [0.1, 0.15) is 12.4 Å². The number of rotatable bonds is 5. The van der Waals surface area contributed by atoms with Gasteiger partial charge in [-0.25, -0.2) is 0 Å². The fraction of sp³-hybridized carbons (Fsp3) is 0.531. The molecule has 3 aliphatic rings. The lowest BCUT2D eigenvalue weighted by molar-refractivity contribution is -0.134. The Balaban J connectivity index is 1.08. The summed E-state index contributed by atoms with van der Waals surface area (Å²) in [7, 11) is 0. The van der Waals surface area contributed by atoms with Crippen LogP contribution in [0.25, 0.3) is 0 Å². The lowest BCUT2D eigenvalue weighted by Gasteiger charge is -2.41. The first-order valence-corrected chi connectivity index (χ1v) is 15.3. The molecule has 3 aliphatic heterocycles. The fourth-order valence-electron chi connectivity index (χ4n) is 6.30. The summed E-state index contributed by atoms with van der Waals surface area (Å²) >= 11 is 6.25. The molecule has 0 bridgehead atoms. The largest absolute Gasteiger partial charge is 0.491 e. The summed E-state index contributed by atoms with van der Waals surface area (Å²) in [4.78, 5) is 42.8. The SMILES string of the molecule is Cc1ccc(N2CC(C(=O)NCCN3CCC4(CCCCc5ccccc5OCCNC4=O)CC3)CC2=O)cc1Cl. The minimum Gasteiger partial charge on any atom is -0.491 e. The van der Waals surface area contributed by atoms with E-state index < -0.39 is 0 Å². The number of carbonyl (C=O) groups excluding carboxylic acids is 3. The average Bonchev–Trinajstić information content (AvgIpc) is 3.37. The standard InChI is InChI=1S/C32H41ClN4O4/c1-23-9-10-26(21-27(23)33)37-22-25(20-29(37)38)30(39)34-14-18-36-16-12-32(13-17-36)11-5-4-7-24-6-2-3-8-28(24)41-19-15-35-31(32)40/h2-3,6,8-10,21,25H,4-5,7,11-20,22H2,1H3,(H,34,39)(H,35,40). The summed E-state index contributed by atoms with van der Waals surface area (Å²) in [5, 5.41) is 6.79. The van der Waals surface area contributed by atoms with E-state index in [1.165, 1.54) is 5.56 Å². The zero-order valence-corrected chi connectivity index (χ0v) is 24.7. The van der Waals surface area contributed by atoms with Crippen LogP contribution in [0.5, 0.6) is 5.75 Å². The Bertz CT molecular complexity index is 1260. The molecule has 3 heterocycles. The Hall–Kier alpha value is -3.10. The lowest BCUT2D eigenvalue weighted by Crippen LogP contribution is -2.50. The zero-order chi connectivity index (χ0) is 28.8. The number of hydrogen-bond acceptors (Lipinski definition) is 5. The number of aryl methyl sites for hydroxylation is 2. The third-order valence-corrected chi connectivity index (χ3v) is 9.36. The molecule has 2 N–H and O–H groups in total. The minimum absolute atomic E-state index is 0.0579. The number of halogens is 1. The number of fused-ring (bicyclic) bond motifs is 1. The van der Waals surface area contributed by atoms with Gasteiger partial charge in [-0.05, 0) is 81.4 Å². The van der Waals surface area contributed by atoms with Crippen molar-refractivity contribution in [3.8, 4) is 5.75 Å². The molecular weight excluding hydrogens is 540 g/mol. The Kier molecular flexibility index (Phi) is 9.50. The second kappa shape index (κ2) is 13.3. The van der Waals surface area contributed by atoms with Crippen molar-refractivity contribution in [3.63, 3.8) is 0 Å². The normalized spacial score (nSPS) is 21.8. The highest BCUT2D eigenvalue weighted by Gasteiger charge is 2.41. The highest BCUT2D eigenvalue weighted by Crippen LogP contribution is 2.37. The number of anilines is 1. The number of amides is 3. The van der Waals surface area contributed by atoms with Crippen LogP contribution in [-0.2, 0) is 20.8 Å². The lowest BCUT2D eigenvalue weighted by atomic mass is 9.73. The van der Waals surface area contributed by atoms with Crippen LogP contribution in [0.15, 0.2) is 42.5 Å². The van der Waals surface area contributed by atoms with Crippen LogP contribution in [0.4, 0.5) is 5.69 Å². The molecule has 9 heteroatoms. The van der Waals surface area contributed by atoms with Crippen LogP contribution in [0.3, 0.4) is 0 Å². The van der Waals surface area contributed by atoms with Gasteiger partial charge in [-0.15, -0.1) is 0 Å². The smallest absolute Gasteiger partial charge is 0.227 e. The highest BCUT2D eigenvalue weighted by atomic mass is 35.5. The molecule has 1 unspecified atom stereocenters. The van der Waals surface area contributed by atoms with Crippen molar-refractivity contribution in [3.05, 3.63) is 58.6 Å². The van der Waals surface area contributed by atoms with E-state index in [9.17, 15) is 14.4 Å². The number of carbonyl (C=O) groups is 3. The first kappa shape index (κ1) is 29.4. The summed E-state index contributed by atoms with van der Waals surface area (Å²) in [6, 6.07) is 13.7. The maximum Gasteiger partial charge on any atom is 0.227 e. The van der Waals surface area contributed by atoms with Crippen molar-refractivity contribution in [2.24, 2.45) is 11.3 Å². The molecule has 5 rings (SSSR count). The van der Waals surface area contributed by atoms with Gasteiger partial charge in [0.05, 0.1) is 17.9 Å². The topological polar surface area (TPSA) is 91.0 Å². The van der Waals surface area contributed by atoms with E-state index in [2.05, 4.69) is 27.7 Å². The van der Waals surface area contributed by atoms with Gasteiger partial charge in [-0.2, -0.15) is 0 Å². The molecule has 41 heavy (non-hydrogen) atoms. The summed E-state index contributed by atoms with van der Waals surface area (Å²) in [6.07, 6.45) is 5.72. The first-order chi connectivity index (χ1) is 19.8. The average molecular weight is 581 g/mol. The molecule has 1 spiro atoms. The summed E-state index contributed by atoms with van der Waals surface area (Å²) in [5.74, 6) is 0.550. The van der Waals surface area contributed by atoms with Gasteiger partial charge in [0.25, 0.3) is 0 Å². The number of ether oxygens (including phenoxy) is 1. The van der Waals surface area contributed by atoms with Gasteiger partial charge in [0.2, 0.25) is 17.7 Å². The maximum absolute atomic E-state index is 13.3. The van der Waals surface area contributed by atoms with E-state index >= 15 is 0 Å². The number of likely N-dealkylation sites (tertiary alicyclic amines) is 1. The van der Waals surface area contributed by atoms with E-state index in [1.54, 1.807) is 11.0 Å². The van der Waals surface area contributed by atoms with Gasteiger partial charge in [-0.1, -0.05) is 42.3 Å². The molecule has 2 fully saturated rings. The fourth-order valence-corrected chi connectivity index (χ4v) is 6.48. The van der Waals surface area contributed by atoms with Gasteiger partial charge in [0.15, 0.2) is 0 Å². The molecule has 2 aromatic rings. The maximum atomic E-state index is 13.3. The monoisotopic (exact) mass is 580 g/mol.